The van der Waals surface area contributed by atoms with Crippen molar-refractivity contribution < 1.29 is 4.42 Å². The smallest absolute Gasteiger partial charge is 0.213 e. The van der Waals surface area contributed by atoms with Crippen LogP contribution >= 0.6 is 0 Å². The topological polar surface area (TPSA) is 27.4 Å². The van der Waals surface area contributed by atoms with E-state index in [-0.39, 0.29) is 0 Å². The molecule has 3 aromatic heterocycles. The molecule has 0 saturated heterocycles. The number of hydrogen-bond acceptors (Lipinski definition) is 1. The van der Waals surface area contributed by atoms with Crippen LogP contribution in [0.1, 0.15) is 0 Å². The number of nitrogens with zero attached hydrogens (tertiary/aromatic N) is 3. The van der Waals surface area contributed by atoms with Crippen molar-refractivity contribution >= 4 is 71.2 Å². The third-order valence-corrected chi connectivity index (χ3v) is 14.3. The van der Waals surface area contributed by atoms with E-state index in [0.717, 1.165) is 127 Å². The summed E-state index contributed by atoms with van der Waals surface area (Å²) in [5.74, 6) is 0. The molecular formula is C67H41N3O. The van der Waals surface area contributed by atoms with Gasteiger partial charge in [-0.05, 0) is 105 Å². The summed E-state index contributed by atoms with van der Waals surface area (Å²) in [6, 6.07) is 88.3. The van der Waals surface area contributed by atoms with Gasteiger partial charge in [-0.15, -0.1) is 0 Å². The van der Waals surface area contributed by atoms with E-state index in [2.05, 4.69) is 257 Å². The maximum atomic E-state index is 9.18. The van der Waals surface area contributed by atoms with Crippen molar-refractivity contribution in [1.29, 1.82) is 0 Å². The summed E-state index contributed by atoms with van der Waals surface area (Å²) >= 11 is 0. The maximum absolute atomic E-state index is 9.18. The molecule has 11 aromatic carbocycles. The highest BCUT2D eigenvalue weighted by atomic mass is 16.3. The average Bonchev–Trinajstić information content (AvgIpc) is 4.10. The molecule has 0 radical (unpaired) electrons. The predicted molar refractivity (Wildman–Crippen MR) is 296 cm³/mol. The van der Waals surface area contributed by atoms with Crippen LogP contribution in [-0.2, 0) is 0 Å². The summed E-state index contributed by atoms with van der Waals surface area (Å²) < 4.78 is 12.2. The molecule has 0 aliphatic carbocycles. The van der Waals surface area contributed by atoms with E-state index < -0.39 is 0 Å². The monoisotopic (exact) mass is 903 g/mol. The lowest BCUT2D eigenvalue weighted by atomic mass is 10.0. The van der Waals surface area contributed by atoms with Gasteiger partial charge in [0.25, 0.3) is 0 Å². The number of furan rings is 1. The number of para-hydroxylation sites is 1. The van der Waals surface area contributed by atoms with E-state index in [0.29, 0.717) is 11.3 Å². The van der Waals surface area contributed by atoms with Gasteiger partial charge in [-0.25, -0.2) is 4.85 Å². The van der Waals surface area contributed by atoms with Crippen LogP contribution in [0.15, 0.2) is 253 Å². The minimum atomic E-state index is 0.523. The van der Waals surface area contributed by atoms with Gasteiger partial charge >= 0.3 is 0 Å². The van der Waals surface area contributed by atoms with Crippen molar-refractivity contribution in [3.63, 3.8) is 0 Å². The van der Waals surface area contributed by atoms with Gasteiger partial charge in [-0.1, -0.05) is 194 Å². The molecule has 0 aliphatic rings. The van der Waals surface area contributed by atoms with Crippen molar-refractivity contribution in [2.24, 2.45) is 0 Å². The molecule has 0 amide bonds. The van der Waals surface area contributed by atoms with Crippen molar-refractivity contribution in [3.8, 4) is 67.0 Å². The van der Waals surface area contributed by atoms with Crippen LogP contribution in [0.3, 0.4) is 0 Å². The molecule has 0 fully saturated rings. The molecule has 0 bridgehead atoms. The highest BCUT2D eigenvalue weighted by Gasteiger charge is 2.29. The molecule has 0 unspecified atom stereocenters. The van der Waals surface area contributed by atoms with Gasteiger partial charge in [-0.2, -0.15) is 0 Å². The Morgan fingerprint density at radius 3 is 1.03 bits per heavy atom. The number of rotatable bonds is 7. The Balaban J connectivity index is 1.16. The van der Waals surface area contributed by atoms with Crippen molar-refractivity contribution in [2.75, 3.05) is 0 Å². The predicted octanol–water partition coefficient (Wildman–Crippen LogP) is 18.7. The van der Waals surface area contributed by atoms with E-state index in [1.807, 2.05) is 6.07 Å². The molecule has 71 heavy (non-hydrogen) atoms. The normalized spacial score (nSPS) is 11.6. The van der Waals surface area contributed by atoms with E-state index in [1.165, 1.54) is 0 Å². The summed E-state index contributed by atoms with van der Waals surface area (Å²) in [5, 5.41) is 6.25. The minimum absolute atomic E-state index is 0.523. The van der Waals surface area contributed by atoms with E-state index in [9.17, 15) is 6.57 Å². The Bertz CT molecular complexity index is 4230. The molecule has 14 rings (SSSR count). The molecule has 4 nitrogen and oxygen atoms in total. The van der Waals surface area contributed by atoms with E-state index >= 15 is 0 Å². The summed E-state index contributed by atoms with van der Waals surface area (Å²) in [5.41, 5.74) is 18.7. The van der Waals surface area contributed by atoms with Crippen LogP contribution in [-0.4, -0.2) is 9.13 Å². The standard InChI is InChI=1S/C67H41N3O/c1-68-59-42-58-53-29-17-28-52(47-26-15-6-16-27-47)66(53)71-67(58)65(70-62-36-32-50(45-22-11-4-12-23-45)40-56(62)57-41-51(33-37-63(57)70)46-24-13-5-14-25-46)64(59)69-60-34-30-48(43-18-7-2-8-19-43)38-54(60)55-39-49(31-35-61(55)69)44-20-9-3-10-21-44/h2-42H. The van der Waals surface area contributed by atoms with Crippen LogP contribution in [0, 0.1) is 6.57 Å². The van der Waals surface area contributed by atoms with Crippen molar-refractivity contribution in [2.45, 2.75) is 0 Å². The second-order valence-corrected chi connectivity index (χ2v) is 18.3. The Kier molecular flexibility index (Phi) is 9.23. The molecule has 0 spiro atoms. The van der Waals surface area contributed by atoms with Gasteiger partial charge in [0.2, 0.25) is 5.69 Å². The molecule has 0 aliphatic heterocycles. The van der Waals surface area contributed by atoms with Gasteiger partial charge in [-0.3, -0.25) is 0 Å². The zero-order valence-corrected chi connectivity index (χ0v) is 38.4. The second-order valence-electron chi connectivity index (χ2n) is 18.3. The molecule has 14 aromatic rings. The number of benzene rings is 11. The van der Waals surface area contributed by atoms with Crippen LogP contribution in [0.25, 0.3) is 137 Å². The Morgan fingerprint density at radius 1 is 0.282 bits per heavy atom. The van der Waals surface area contributed by atoms with Gasteiger partial charge in [0.1, 0.15) is 11.3 Å². The summed E-state index contributed by atoms with van der Waals surface area (Å²) in [6.07, 6.45) is 0. The van der Waals surface area contributed by atoms with Crippen molar-refractivity contribution in [3.05, 3.63) is 260 Å². The quantitative estimate of drug-likeness (QED) is 0.146. The van der Waals surface area contributed by atoms with Gasteiger partial charge in [0.05, 0.1) is 34.3 Å². The fourth-order valence-corrected chi connectivity index (χ4v) is 11.0. The third-order valence-electron chi connectivity index (χ3n) is 14.3. The number of aromatic nitrogens is 2. The van der Waals surface area contributed by atoms with Gasteiger partial charge in [0, 0.05) is 37.9 Å². The minimum Gasteiger partial charge on any atom is -0.453 e. The van der Waals surface area contributed by atoms with Crippen LogP contribution < -0.4 is 0 Å². The summed E-state index contributed by atoms with van der Waals surface area (Å²) in [7, 11) is 0. The van der Waals surface area contributed by atoms with Crippen LogP contribution in [0.4, 0.5) is 5.69 Å². The molecule has 0 saturated carbocycles. The van der Waals surface area contributed by atoms with Crippen LogP contribution in [0.2, 0.25) is 0 Å². The fraction of sp³-hybridized carbons (Fsp3) is 0. The average molecular weight is 904 g/mol. The molecular weight excluding hydrogens is 863 g/mol. The van der Waals surface area contributed by atoms with Crippen LogP contribution in [0.5, 0.6) is 0 Å². The lowest BCUT2D eigenvalue weighted by molar-refractivity contribution is 0.667. The van der Waals surface area contributed by atoms with Gasteiger partial charge in [0.15, 0.2) is 5.58 Å². The first kappa shape index (κ1) is 40.4. The molecule has 0 atom stereocenters. The molecule has 0 N–H and O–H groups in total. The summed E-state index contributed by atoms with van der Waals surface area (Å²) in [6.45, 7) is 9.18. The van der Waals surface area contributed by atoms with Gasteiger partial charge < -0.3 is 13.6 Å². The highest BCUT2D eigenvalue weighted by molar-refractivity contribution is 6.19. The number of hydrogen-bond donors (Lipinski definition) is 0. The molecule has 330 valence electrons. The first-order valence-corrected chi connectivity index (χ1v) is 24.0. The maximum Gasteiger partial charge on any atom is 0.213 e. The highest BCUT2D eigenvalue weighted by Crippen LogP contribution is 2.50. The van der Waals surface area contributed by atoms with E-state index in [1.54, 1.807) is 0 Å². The largest absolute Gasteiger partial charge is 0.453 e. The lowest BCUT2D eigenvalue weighted by Crippen LogP contribution is -2.04. The second kappa shape index (κ2) is 16.2. The summed E-state index contributed by atoms with van der Waals surface area (Å²) in [4.78, 5) is 4.50. The SMILES string of the molecule is [C-]#[N+]c1cc2c(oc3c(-c4ccccc4)cccc32)c(-n2c3ccc(-c4ccccc4)cc3c3cc(-c4ccccc4)ccc32)c1-n1c2ccc(-c3ccccc3)cc2c2cc(-c3ccccc3)ccc21. The lowest BCUT2D eigenvalue weighted by Gasteiger charge is -2.19. The first-order chi connectivity index (χ1) is 35.2. The van der Waals surface area contributed by atoms with Crippen molar-refractivity contribution in [1.82, 2.24) is 9.13 Å². The Morgan fingerprint density at radius 2 is 0.648 bits per heavy atom. The molecule has 4 heteroatoms. The first-order valence-electron chi connectivity index (χ1n) is 24.0. The van der Waals surface area contributed by atoms with E-state index in [4.69, 9.17) is 4.42 Å². The zero-order valence-electron chi connectivity index (χ0n) is 38.4. The number of fused-ring (bicyclic) bond motifs is 9. The third kappa shape index (κ3) is 6.45. The fourth-order valence-electron chi connectivity index (χ4n) is 11.0. The Hall–Kier alpha value is -9.69. The zero-order chi connectivity index (χ0) is 47.0. The molecule has 3 heterocycles. The Labute approximate surface area is 410 Å².